The van der Waals surface area contributed by atoms with Crippen molar-refractivity contribution >= 4 is 51.4 Å². The van der Waals surface area contributed by atoms with Gasteiger partial charge in [0.25, 0.3) is 0 Å². The molecular formula is C14H12F3N5O2S2. The minimum absolute atomic E-state index is 0.0539. The lowest BCUT2D eigenvalue weighted by Crippen LogP contribution is -2.45. The second-order valence-electron chi connectivity index (χ2n) is 5.37. The van der Waals surface area contributed by atoms with Gasteiger partial charge in [0.15, 0.2) is 4.34 Å². The van der Waals surface area contributed by atoms with Crippen LogP contribution >= 0.6 is 23.1 Å². The molecule has 1 aliphatic rings. The predicted molar refractivity (Wildman–Crippen MR) is 92.1 cm³/mol. The van der Waals surface area contributed by atoms with E-state index in [1.165, 1.54) is 6.07 Å². The minimum atomic E-state index is -4.55. The molecule has 3 N–H and O–H groups in total. The van der Waals surface area contributed by atoms with Gasteiger partial charge in [0, 0.05) is 0 Å². The third-order valence-corrected chi connectivity index (χ3v) is 5.43. The van der Waals surface area contributed by atoms with E-state index in [9.17, 15) is 22.8 Å². The third-order valence-electron chi connectivity index (χ3n) is 3.50. The minimum Gasteiger partial charge on any atom is -0.374 e. The molecule has 0 fully saturated rings. The lowest BCUT2D eigenvalue weighted by atomic mass is 10.1. The highest BCUT2D eigenvalue weighted by Crippen LogP contribution is 2.38. The standard InChI is InChI=1S/C14H12F3N5O2S2/c1-6(25-13-21-20-12(18)26-13)11(24)22-5-10(23)19-8-4-7(14(15,16)17)2-3-9(8)22/h2-4,6H,5H2,1H3,(H2,18,20)(H,19,23). The number of carbonyl (C=O) groups is 2. The van der Waals surface area contributed by atoms with E-state index in [1.54, 1.807) is 6.92 Å². The van der Waals surface area contributed by atoms with Gasteiger partial charge in [-0.05, 0) is 25.1 Å². The maximum atomic E-state index is 12.9. The van der Waals surface area contributed by atoms with Crippen molar-refractivity contribution in [2.45, 2.75) is 22.7 Å². The number of aromatic nitrogens is 2. The zero-order valence-electron chi connectivity index (χ0n) is 13.2. The van der Waals surface area contributed by atoms with Crippen molar-refractivity contribution in [3.8, 4) is 0 Å². The number of nitrogen functional groups attached to an aromatic ring is 1. The Hall–Kier alpha value is -2.34. The van der Waals surface area contributed by atoms with Crippen molar-refractivity contribution in [3.63, 3.8) is 0 Å². The number of thioether (sulfide) groups is 1. The summed E-state index contributed by atoms with van der Waals surface area (Å²) in [6.45, 7) is 1.33. The summed E-state index contributed by atoms with van der Waals surface area (Å²) >= 11 is 2.23. The van der Waals surface area contributed by atoms with Crippen LogP contribution in [0.15, 0.2) is 22.5 Å². The summed E-state index contributed by atoms with van der Waals surface area (Å²) in [5.41, 5.74) is 4.75. The van der Waals surface area contributed by atoms with Gasteiger partial charge in [-0.2, -0.15) is 13.2 Å². The molecule has 2 aromatic rings. The first-order valence-corrected chi connectivity index (χ1v) is 8.93. The van der Waals surface area contributed by atoms with Crippen LogP contribution in [0.1, 0.15) is 12.5 Å². The normalized spacial score (nSPS) is 15.4. The summed E-state index contributed by atoms with van der Waals surface area (Å²) < 4.78 is 39.1. The van der Waals surface area contributed by atoms with Crippen LogP contribution in [0.2, 0.25) is 0 Å². The topological polar surface area (TPSA) is 101 Å². The van der Waals surface area contributed by atoms with Crippen molar-refractivity contribution in [1.29, 1.82) is 0 Å². The van der Waals surface area contributed by atoms with E-state index >= 15 is 0 Å². The van der Waals surface area contributed by atoms with Crippen molar-refractivity contribution in [1.82, 2.24) is 10.2 Å². The fourth-order valence-electron chi connectivity index (χ4n) is 2.35. The Kier molecular flexibility index (Phi) is 4.80. The van der Waals surface area contributed by atoms with Crippen molar-refractivity contribution in [2.75, 3.05) is 22.5 Å². The first-order chi connectivity index (χ1) is 12.1. The summed E-state index contributed by atoms with van der Waals surface area (Å²) in [7, 11) is 0. The Bertz CT molecular complexity index is 871. The second-order valence-corrected chi connectivity index (χ2v) is 7.97. The van der Waals surface area contributed by atoms with Crippen LogP contribution in [0, 0.1) is 0 Å². The summed E-state index contributed by atoms with van der Waals surface area (Å²) in [6, 6.07) is 2.87. The zero-order chi connectivity index (χ0) is 19.1. The van der Waals surface area contributed by atoms with Gasteiger partial charge >= 0.3 is 6.18 Å². The van der Waals surface area contributed by atoms with Gasteiger partial charge in [-0.1, -0.05) is 23.1 Å². The monoisotopic (exact) mass is 403 g/mol. The number of alkyl halides is 3. The second kappa shape index (κ2) is 6.76. The molecule has 138 valence electrons. The van der Waals surface area contributed by atoms with Gasteiger partial charge in [0.1, 0.15) is 6.54 Å². The van der Waals surface area contributed by atoms with Crippen LogP contribution in [0.5, 0.6) is 0 Å². The Morgan fingerprint density at radius 3 is 2.77 bits per heavy atom. The van der Waals surface area contributed by atoms with Gasteiger partial charge in [-0.3, -0.25) is 14.5 Å². The van der Waals surface area contributed by atoms with Gasteiger partial charge < -0.3 is 11.1 Å². The third kappa shape index (κ3) is 3.75. The number of halogens is 3. The average molecular weight is 403 g/mol. The summed E-state index contributed by atoms with van der Waals surface area (Å²) in [5.74, 6) is -0.998. The van der Waals surface area contributed by atoms with Crippen LogP contribution in [0.4, 0.5) is 29.7 Å². The lowest BCUT2D eigenvalue weighted by molar-refractivity contribution is -0.137. The number of hydrogen-bond donors (Lipinski definition) is 2. The number of carbonyl (C=O) groups excluding carboxylic acids is 2. The molecule has 0 aliphatic carbocycles. The number of benzene rings is 1. The Balaban J connectivity index is 1.86. The molecule has 2 amide bonds. The highest BCUT2D eigenvalue weighted by molar-refractivity contribution is 8.02. The number of nitrogens with one attached hydrogen (secondary N) is 1. The van der Waals surface area contributed by atoms with E-state index in [1.807, 2.05) is 0 Å². The predicted octanol–water partition coefficient (Wildman–Crippen LogP) is 2.61. The van der Waals surface area contributed by atoms with Crippen LogP contribution < -0.4 is 16.0 Å². The summed E-state index contributed by atoms with van der Waals surface area (Å²) in [5, 5.41) is 9.46. The number of fused-ring (bicyclic) bond motifs is 1. The zero-order valence-corrected chi connectivity index (χ0v) is 14.8. The van der Waals surface area contributed by atoms with E-state index in [-0.39, 0.29) is 23.1 Å². The van der Waals surface area contributed by atoms with Gasteiger partial charge in [0.05, 0.1) is 22.2 Å². The van der Waals surface area contributed by atoms with E-state index in [2.05, 4.69) is 15.5 Å². The van der Waals surface area contributed by atoms with Gasteiger partial charge in [-0.25, -0.2) is 0 Å². The number of anilines is 3. The molecule has 26 heavy (non-hydrogen) atoms. The molecule has 3 rings (SSSR count). The van der Waals surface area contributed by atoms with E-state index in [0.29, 0.717) is 4.34 Å². The molecule has 0 spiro atoms. The molecule has 1 aliphatic heterocycles. The average Bonchev–Trinajstić information content (AvgIpc) is 2.96. The molecule has 0 saturated carbocycles. The van der Waals surface area contributed by atoms with Crippen LogP contribution in [0.3, 0.4) is 0 Å². The summed E-state index contributed by atoms with van der Waals surface area (Å²) in [6.07, 6.45) is -4.55. The van der Waals surface area contributed by atoms with Gasteiger partial charge in [0.2, 0.25) is 16.9 Å². The Labute approximate surface area is 153 Å². The fourth-order valence-corrected chi connectivity index (χ4v) is 4.19. The Morgan fingerprint density at radius 2 is 2.15 bits per heavy atom. The maximum Gasteiger partial charge on any atom is 0.416 e. The molecular weight excluding hydrogens is 391 g/mol. The molecule has 0 saturated heterocycles. The number of amides is 2. The highest BCUT2D eigenvalue weighted by atomic mass is 32.2. The largest absolute Gasteiger partial charge is 0.416 e. The number of nitrogens with two attached hydrogens (primary N) is 1. The van der Waals surface area contributed by atoms with Crippen molar-refractivity contribution in [3.05, 3.63) is 23.8 Å². The summed E-state index contributed by atoms with van der Waals surface area (Å²) in [4.78, 5) is 25.7. The first kappa shape index (κ1) is 18.5. The number of nitrogens with zero attached hydrogens (tertiary/aromatic N) is 3. The van der Waals surface area contributed by atoms with Crippen LogP contribution in [0.25, 0.3) is 0 Å². The van der Waals surface area contributed by atoms with Crippen LogP contribution in [-0.2, 0) is 15.8 Å². The van der Waals surface area contributed by atoms with E-state index < -0.39 is 28.8 Å². The number of hydrogen-bond acceptors (Lipinski definition) is 7. The van der Waals surface area contributed by atoms with Crippen molar-refractivity contribution < 1.29 is 22.8 Å². The maximum absolute atomic E-state index is 12.9. The van der Waals surface area contributed by atoms with E-state index in [0.717, 1.165) is 40.1 Å². The fraction of sp³-hybridized carbons (Fsp3) is 0.286. The number of rotatable bonds is 3. The lowest BCUT2D eigenvalue weighted by Gasteiger charge is -2.31. The molecule has 2 heterocycles. The van der Waals surface area contributed by atoms with E-state index in [4.69, 9.17) is 5.73 Å². The molecule has 1 aromatic heterocycles. The van der Waals surface area contributed by atoms with Crippen LogP contribution in [-0.4, -0.2) is 33.8 Å². The smallest absolute Gasteiger partial charge is 0.374 e. The molecule has 1 atom stereocenters. The molecule has 0 bridgehead atoms. The SMILES string of the molecule is CC(Sc1nnc(N)s1)C(=O)N1CC(=O)Nc2cc(C(F)(F)F)ccc21. The molecule has 12 heteroatoms. The first-order valence-electron chi connectivity index (χ1n) is 7.23. The Morgan fingerprint density at radius 1 is 1.42 bits per heavy atom. The van der Waals surface area contributed by atoms with Crippen molar-refractivity contribution in [2.24, 2.45) is 0 Å². The quantitative estimate of drug-likeness (QED) is 0.764. The van der Waals surface area contributed by atoms with Gasteiger partial charge in [-0.15, -0.1) is 10.2 Å². The molecule has 1 aromatic carbocycles. The molecule has 0 radical (unpaired) electrons. The molecule has 1 unspecified atom stereocenters. The molecule has 7 nitrogen and oxygen atoms in total. The highest BCUT2D eigenvalue weighted by Gasteiger charge is 2.35.